The van der Waals surface area contributed by atoms with E-state index in [2.05, 4.69) is 71.8 Å². The Kier molecular flexibility index (Phi) is 6.57. The third-order valence-corrected chi connectivity index (χ3v) is 6.98. The number of thiocarbonyl (C=S) groups is 1. The summed E-state index contributed by atoms with van der Waals surface area (Å²) in [5.74, 6) is 2.50. The number of anilines is 2. The Morgan fingerprint density at radius 1 is 1.07 bits per heavy atom. The summed E-state index contributed by atoms with van der Waals surface area (Å²) in [6.45, 7) is 7.71. The maximum Gasteiger partial charge on any atom is 0.170 e. The number of aromatic nitrogens is 1. The SMILES string of the molecule is C[C@@H]1C[C@H](C)CN(c2ccc(NC(=S)NCC3(c4ccccc4)CCCC3)cn2)C1. The number of rotatable bonds is 5. The fourth-order valence-corrected chi connectivity index (χ4v) is 5.52. The first-order chi connectivity index (χ1) is 14.5. The first-order valence-corrected chi connectivity index (χ1v) is 11.8. The van der Waals surface area contributed by atoms with Crippen LogP contribution in [0.15, 0.2) is 48.7 Å². The number of pyridine rings is 1. The summed E-state index contributed by atoms with van der Waals surface area (Å²) in [6.07, 6.45) is 8.22. The third kappa shape index (κ3) is 4.94. The quantitative estimate of drug-likeness (QED) is 0.635. The normalized spacial score (nSPS) is 23.2. The van der Waals surface area contributed by atoms with Gasteiger partial charge in [-0.05, 0) is 61.0 Å². The van der Waals surface area contributed by atoms with Crippen molar-refractivity contribution in [3.63, 3.8) is 0 Å². The zero-order chi connectivity index (χ0) is 21.0. The number of hydrogen-bond acceptors (Lipinski definition) is 3. The van der Waals surface area contributed by atoms with Crippen LogP contribution in [-0.2, 0) is 5.41 Å². The third-order valence-electron chi connectivity index (χ3n) is 6.73. The second kappa shape index (κ2) is 9.34. The molecule has 2 aromatic rings. The van der Waals surface area contributed by atoms with E-state index in [4.69, 9.17) is 17.2 Å². The maximum absolute atomic E-state index is 5.60. The molecule has 5 heteroatoms. The van der Waals surface area contributed by atoms with Crippen molar-refractivity contribution in [3.8, 4) is 0 Å². The van der Waals surface area contributed by atoms with E-state index in [9.17, 15) is 0 Å². The molecule has 1 saturated heterocycles. The lowest BCUT2D eigenvalue weighted by atomic mass is 9.79. The zero-order valence-electron chi connectivity index (χ0n) is 18.2. The van der Waals surface area contributed by atoms with Gasteiger partial charge in [0, 0.05) is 25.0 Å². The van der Waals surface area contributed by atoms with Gasteiger partial charge in [0.25, 0.3) is 0 Å². The van der Waals surface area contributed by atoms with E-state index in [0.717, 1.165) is 43.0 Å². The van der Waals surface area contributed by atoms with Gasteiger partial charge in [0.1, 0.15) is 5.82 Å². The maximum atomic E-state index is 5.60. The topological polar surface area (TPSA) is 40.2 Å². The minimum Gasteiger partial charge on any atom is -0.362 e. The van der Waals surface area contributed by atoms with Gasteiger partial charge in [-0.1, -0.05) is 57.0 Å². The van der Waals surface area contributed by atoms with Crippen LogP contribution in [0.5, 0.6) is 0 Å². The highest BCUT2D eigenvalue weighted by atomic mass is 32.1. The summed E-state index contributed by atoms with van der Waals surface area (Å²) in [7, 11) is 0. The lowest BCUT2D eigenvalue weighted by Crippen LogP contribution is -2.40. The summed E-state index contributed by atoms with van der Waals surface area (Å²) in [6, 6.07) is 15.1. The summed E-state index contributed by atoms with van der Waals surface area (Å²) in [4.78, 5) is 7.10. The molecule has 2 heterocycles. The number of hydrogen-bond donors (Lipinski definition) is 2. The van der Waals surface area contributed by atoms with E-state index in [1.54, 1.807) is 0 Å². The van der Waals surface area contributed by atoms with Crippen LogP contribution in [0.25, 0.3) is 0 Å². The fourth-order valence-electron chi connectivity index (χ4n) is 5.33. The van der Waals surface area contributed by atoms with E-state index in [0.29, 0.717) is 5.11 Å². The minimum atomic E-state index is 0.191. The van der Waals surface area contributed by atoms with Crippen LogP contribution in [0, 0.1) is 11.8 Å². The molecule has 0 spiro atoms. The summed E-state index contributed by atoms with van der Waals surface area (Å²) in [5, 5.41) is 7.48. The van der Waals surface area contributed by atoms with Crippen molar-refractivity contribution in [3.05, 3.63) is 54.2 Å². The number of benzene rings is 1. The van der Waals surface area contributed by atoms with E-state index in [1.165, 1.54) is 37.7 Å². The van der Waals surface area contributed by atoms with Gasteiger partial charge in [-0.15, -0.1) is 0 Å². The van der Waals surface area contributed by atoms with Crippen LogP contribution in [0.2, 0.25) is 0 Å². The van der Waals surface area contributed by atoms with Gasteiger partial charge >= 0.3 is 0 Å². The second-order valence-electron chi connectivity index (χ2n) is 9.42. The number of nitrogens with zero attached hydrogens (tertiary/aromatic N) is 2. The van der Waals surface area contributed by atoms with Gasteiger partial charge in [-0.25, -0.2) is 4.98 Å². The van der Waals surface area contributed by atoms with Gasteiger partial charge in [0.15, 0.2) is 5.11 Å². The molecular formula is C25H34N4S. The molecule has 160 valence electrons. The molecule has 0 bridgehead atoms. The molecule has 2 N–H and O–H groups in total. The molecule has 1 aromatic heterocycles. The predicted octanol–water partition coefficient (Wildman–Crippen LogP) is 5.36. The van der Waals surface area contributed by atoms with Crippen LogP contribution in [0.4, 0.5) is 11.5 Å². The Bertz CT molecular complexity index is 820. The van der Waals surface area contributed by atoms with Gasteiger partial charge in [-0.2, -0.15) is 0 Å². The van der Waals surface area contributed by atoms with Crippen molar-refractivity contribution in [1.82, 2.24) is 10.3 Å². The lowest BCUT2D eigenvalue weighted by Gasteiger charge is -2.35. The number of piperidine rings is 1. The monoisotopic (exact) mass is 422 g/mol. The van der Waals surface area contributed by atoms with Gasteiger partial charge < -0.3 is 15.5 Å². The molecule has 1 aromatic carbocycles. The highest BCUT2D eigenvalue weighted by molar-refractivity contribution is 7.80. The van der Waals surface area contributed by atoms with Crippen molar-refractivity contribution >= 4 is 28.8 Å². The zero-order valence-corrected chi connectivity index (χ0v) is 19.0. The molecule has 2 fully saturated rings. The minimum absolute atomic E-state index is 0.191. The highest BCUT2D eigenvalue weighted by Crippen LogP contribution is 2.40. The first-order valence-electron chi connectivity index (χ1n) is 11.4. The summed E-state index contributed by atoms with van der Waals surface area (Å²) >= 11 is 5.60. The molecule has 0 amide bonds. The lowest BCUT2D eigenvalue weighted by molar-refractivity contribution is 0.355. The molecular weight excluding hydrogens is 388 g/mol. The molecule has 0 unspecified atom stereocenters. The van der Waals surface area contributed by atoms with Crippen molar-refractivity contribution in [2.24, 2.45) is 11.8 Å². The molecule has 1 aliphatic heterocycles. The summed E-state index contributed by atoms with van der Waals surface area (Å²) in [5.41, 5.74) is 2.56. The van der Waals surface area contributed by atoms with Crippen LogP contribution in [0.3, 0.4) is 0 Å². The first kappa shape index (κ1) is 21.1. The molecule has 0 radical (unpaired) electrons. The molecule has 1 saturated carbocycles. The van der Waals surface area contributed by atoms with Crippen molar-refractivity contribution in [2.45, 2.75) is 51.4 Å². The fraction of sp³-hybridized carbons (Fsp3) is 0.520. The Morgan fingerprint density at radius 2 is 1.77 bits per heavy atom. The van der Waals surface area contributed by atoms with E-state index in [1.807, 2.05) is 6.20 Å². The second-order valence-corrected chi connectivity index (χ2v) is 9.83. The van der Waals surface area contributed by atoms with Crippen LogP contribution >= 0.6 is 12.2 Å². The molecule has 1 aliphatic carbocycles. The molecule has 4 rings (SSSR count). The average molecular weight is 423 g/mol. The molecule has 4 nitrogen and oxygen atoms in total. The smallest absolute Gasteiger partial charge is 0.170 e. The van der Waals surface area contributed by atoms with Gasteiger partial charge in [0.05, 0.1) is 11.9 Å². The molecule has 2 atom stereocenters. The van der Waals surface area contributed by atoms with Gasteiger partial charge in [-0.3, -0.25) is 0 Å². The van der Waals surface area contributed by atoms with Crippen molar-refractivity contribution < 1.29 is 0 Å². The highest BCUT2D eigenvalue weighted by Gasteiger charge is 2.35. The van der Waals surface area contributed by atoms with Crippen LogP contribution in [0.1, 0.15) is 51.5 Å². The number of nitrogens with one attached hydrogen (secondary N) is 2. The van der Waals surface area contributed by atoms with Crippen LogP contribution in [-0.4, -0.2) is 29.7 Å². The van der Waals surface area contributed by atoms with Crippen LogP contribution < -0.4 is 15.5 Å². The average Bonchev–Trinajstić information content (AvgIpc) is 3.23. The Hall–Kier alpha value is -2.14. The van der Waals surface area contributed by atoms with E-state index < -0.39 is 0 Å². The Balaban J connectivity index is 1.34. The Morgan fingerprint density at radius 3 is 2.40 bits per heavy atom. The van der Waals surface area contributed by atoms with E-state index in [-0.39, 0.29) is 5.41 Å². The summed E-state index contributed by atoms with van der Waals surface area (Å²) < 4.78 is 0. The van der Waals surface area contributed by atoms with Crippen molar-refractivity contribution in [2.75, 3.05) is 29.9 Å². The standard InChI is InChI=1S/C25H34N4S/c1-19-14-20(2)17-29(16-19)23-11-10-22(15-26-23)28-24(30)27-18-25(12-6-7-13-25)21-8-4-3-5-9-21/h3-5,8-11,15,19-20H,6-7,12-14,16-18H2,1-2H3,(H2,27,28,30)/t19-,20+. The molecule has 30 heavy (non-hydrogen) atoms. The Labute approximate surface area is 186 Å². The van der Waals surface area contributed by atoms with Crippen molar-refractivity contribution in [1.29, 1.82) is 0 Å². The molecule has 2 aliphatic rings. The predicted molar refractivity (Wildman–Crippen MR) is 130 cm³/mol. The van der Waals surface area contributed by atoms with Gasteiger partial charge in [0.2, 0.25) is 0 Å². The largest absolute Gasteiger partial charge is 0.362 e. The van der Waals surface area contributed by atoms with E-state index >= 15 is 0 Å².